The Bertz CT molecular complexity index is 845. The Morgan fingerprint density at radius 2 is 0.710 bits per heavy atom. The first kappa shape index (κ1) is 28.6. The number of fused-ring (bicyclic) bond motifs is 2. The Balaban J connectivity index is 0.00000300. The summed E-state index contributed by atoms with van der Waals surface area (Å²) in [7, 11) is 0. The van der Waals surface area contributed by atoms with Crippen molar-refractivity contribution in [3.8, 4) is 0 Å². The van der Waals surface area contributed by atoms with Gasteiger partial charge in [0.1, 0.15) is 0 Å². The van der Waals surface area contributed by atoms with Crippen molar-refractivity contribution >= 4 is 59.5 Å². The minimum atomic E-state index is 0. The van der Waals surface area contributed by atoms with Crippen molar-refractivity contribution in [2.75, 3.05) is 0 Å². The van der Waals surface area contributed by atoms with Gasteiger partial charge in [0, 0.05) is 22.3 Å². The van der Waals surface area contributed by atoms with Crippen LogP contribution >= 0.6 is 24.4 Å². The van der Waals surface area contributed by atoms with Crippen molar-refractivity contribution in [1.29, 1.82) is 0 Å². The van der Waals surface area contributed by atoms with Crippen molar-refractivity contribution in [3.05, 3.63) is 70.8 Å². The van der Waals surface area contributed by atoms with Crippen LogP contribution in [0.15, 0.2) is 68.9 Å². The maximum atomic E-state index is 5.16. The van der Waals surface area contributed by atoms with E-state index in [1.807, 2.05) is 48.5 Å². The predicted octanol–water partition coefficient (Wildman–Crippen LogP) is -4.33. The van der Waals surface area contributed by atoms with Gasteiger partial charge in [0.25, 0.3) is 0 Å². The third kappa shape index (κ3) is 9.51. The molecule has 4 N–H and O–H groups in total. The second kappa shape index (κ2) is 15.4. The summed E-state index contributed by atoms with van der Waals surface area (Å²) in [4.78, 5) is 0. The fourth-order valence-corrected chi connectivity index (χ4v) is 2.39. The zero-order valence-corrected chi connectivity index (χ0v) is 19.8. The van der Waals surface area contributed by atoms with Crippen molar-refractivity contribution in [2.45, 2.75) is 0 Å². The third-order valence-electron chi connectivity index (χ3n) is 3.47. The zero-order chi connectivity index (χ0) is 19.6. The van der Waals surface area contributed by atoms with E-state index in [1.54, 1.807) is 24.9 Å². The molecule has 0 saturated heterocycles. The number of benzene rings is 2. The molecule has 13 heteroatoms. The first-order valence-corrected chi connectivity index (χ1v) is 8.96. The van der Waals surface area contributed by atoms with Crippen LogP contribution in [0.2, 0.25) is 0 Å². The molecule has 0 bridgehead atoms. The van der Waals surface area contributed by atoms with Crippen LogP contribution in [0, 0.1) is 0 Å². The molecule has 0 fully saturated rings. The molecule has 1 heterocycles. The van der Waals surface area contributed by atoms with E-state index in [4.69, 9.17) is 24.4 Å². The Kier molecular flexibility index (Phi) is 14.2. The summed E-state index contributed by atoms with van der Waals surface area (Å²) in [5.41, 5.74) is 14.3. The molecule has 1 aliphatic rings. The molecule has 1 aliphatic heterocycles. The Labute approximate surface area is 213 Å². The van der Waals surface area contributed by atoms with Crippen molar-refractivity contribution in [2.24, 2.45) is 20.4 Å². The van der Waals surface area contributed by atoms with Crippen molar-refractivity contribution in [3.63, 3.8) is 0 Å². The smallest absolute Gasteiger partial charge is 1.00 e. The van der Waals surface area contributed by atoms with Crippen LogP contribution in [0.1, 0.15) is 22.3 Å². The Morgan fingerprint density at radius 3 is 0.935 bits per heavy atom. The first-order chi connectivity index (χ1) is 13.7. The zero-order valence-electron chi connectivity index (χ0n) is 15.6. The molecule has 3 rings (SSSR count). The largest absolute Gasteiger partial charge is 2.00 e. The van der Waals surface area contributed by atoms with Gasteiger partial charge in [-0.15, -0.1) is 0 Å². The monoisotopic (exact) mass is 537 g/mol. The van der Waals surface area contributed by atoms with Crippen molar-refractivity contribution < 1.29 is 41.6 Å². The van der Waals surface area contributed by atoms with Gasteiger partial charge >= 0.3 is 16.8 Å². The molecule has 0 spiro atoms. The van der Waals surface area contributed by atoms with Gasteiger partial charge in [-0.25, -0.2) is 0 Å². The standard InChI is InChI=1S/C18H16N8S2.2ClH.Co/c27-17-23-19-9-13-5-1-2-6-14(13)10-20-24-18(28)26-22-12-16-8-4-3-7-15(16)11-21-25-17;;;/h1-12H,(H2,23,25,27)(H2,24,26,28);2*1H;/q;;;+2/p-2/b19-9+,20-10+,21-11+,22-12+;;;. The number of nitrogens with zero attached hydrogens (tertiary/aromatic N) is 4. The Hall–Kier alpha value is -2.41. The second-order valence-corrected chi connectivity index (χ2v) is 6.21. The predicted molar refractivity (Wildman–Crippen MR) is 121 cm³/mol. The maximum Gasteiger partial charge on any atom is 2.00 e. The molecule has 31 heavy (non-hydrogen) atoms. The van der Waals surface area contributed by atoms with Crippen LogP contribution in [0.4, 0.5) is 0 Å². The third-order valence-corrected chi connectivity index (χ3v) is 3.84. The van der Waals surface area contributed by atoms with Gasteiger partial charge in [0.05, 0.1) is 24.9 Å². The molecular formula is C18H16Cl2CoN8S2. The van der Waals surface area contributed by atoms with Crippen LogP contribution < -0.4 is 46.5 Å². The van der Waals surface area contributed by atoms with E-state index < -0.39 is 0 Å². The van der Waals surface area contributed by atoms with Gasteiger partial charge in [-0.3, -0.25) is 21.7 Å². The maximum absolute atomic E-state index is 5.16. The molecule has 0 atom stereocenters. The molecule has 0 unspecified atom stereocenters. The van der Waals surface area contributed by atoms with Crippen LogP contribution in [0.5, 0.6) is 0 Å². The molecule has 0 amide bonds. The molecule has 0 aromatic heterocycles. The summed E-state index contributed by atoms with van der Waals surface area (Å²) in [6, 6.07) is 15.2. The van der Waals surface area contributed by atoms with Gasteiger partial charge in [-0.05, 0) is 24.4 Å². The summed E-state index contributed by atoms with van der Waals surface area (Å²) in [6.07, 6.45) is 6.55. The average Bonchev–Trinajstić information content (AvgIpc) is 2.70. The Morgan fingerprint density at radius 1 is 0.484 bits per heavy atom. The number of nitrogens with one attached hydrogen (secondary N) is 4. The van der Waals surface area contributed by atoms with Gasteiger partial charge in [-0.1, -0.05) is 48.5 Å². The molecule has 0 aliphatic carbocycles. The fraction of sp³-hybridized carbons (Fsp3) is 0. The van der Waals surface area contributed by atoms with E-state index in [-0.39, 0.29) is 51.8 Å². The van der Waals surface area contributed by atoms with E-state index in [2.05, 4.69) is 42.1 Å². The minimum absolute atomic E-state index is 0. The molecule has 2 aromatic carbocycles. The molecular weight excluding hydrogens is 522 g/mol. The number of hydrazone groups is 4. The number of hydrogen-bond acceptors (Lipinski definition) is 6. The van der Waals surface area contributed by atoms with Crippen LogP contribution in [0.25, 0.3) is 0 Å². The molecule has 0 saturated carbocycles. The first-order valence-electron chi connectivity index (χ1n) is 8.14. The number of hydrogen-bond donors (Lipinski definition) is 4. The normalized spacial score (nSPS) is 17.2. The quantitative estimate of drug-likeness (QED) is 0.254. The molecule has 2 aromatic rings. The minimum Gasteiger partial charge on any atom is -1.00 e. The van der Waals surface area contributed by atoms with E-state index in [0.717, 1.165) is 22.3 Å². The van der Waals surface area contributed by atoms with Gasteiger partial charge < -0.3 is 24.8 Å². The molecule has 163 valence electrons. The summed E-state index contributed by atoms with van der Waals surface area (Å²) in [5, 5.41) is 17.0. The van der Waals surface area contributed by atoms with Crippen molar-refractivity contribution in [1.82, 2.24) is 21.7 Å². The van der Waals surface area contributed by atoms with E-state index in [9.17, 15) is 0 Å². The van der Waals surface area contributed by atoms with Crippen LogP contribution in [0.3, 0.4) is 0 Å². The van der Waals surface area contributed by atoms with E-state index >= 15 is 0 Å². The number of thiocarbonyl (C=S) groups is 2. The van der Waals surface area contributed by atoms with Gasteiger partial charge in [0.2, 0.25) is 10.2 Å². The summed E-state index contributed by atoms with van der Waals surface area (Å²) >= 11 is 10.3. The second-order valence-electron chi connectivity index (χ2n) is 5.40. The summed E-state index contributed by atoms with van der Waals surface area (Å²) in [5.74, 6) is 0. The number of halogens is 2. The van der Waals surface area contributed by atoms with Crippen LogP contribution in [-0.2, 0) is 16.8 Å². The SMILES string of the molecule is S=C1N/N=C/c2ccccc2/C=N/NC(=S)N/N=C/c2ccccc2/C=N/N1.[Cl-].[Cl-].[Co+2]. The van der Waals surface area contributed by atoms with Gasteiger partial charge in [0.15, 0.2) is 0 Å². The van der Waals surface area contributed by atoms with E-state index in [0.29, 0.717) is 0 Å². The molecule has 1 radical (unpaired) electrons. The molecule has 8 nitrogen and oxygen atoms in total. The van der Waals surface area contributed by atoms with Crippen LogP contribution in [-0.4, -0.2) is 35.1 Å². The summed E-state index contributed by atoms with van der Waals surface area (Å²) < 4.78 is 0. The summed E-state index contributed by atoms with van der Waals surface area (Å²) in [6.45, 7) is 0. The topological polar surface area (TPSA) is 97.6 Å². The van der Waals surface area contributed by atoms with E-state index in [1.165, 1.54) is 0 Å². The average molecular weight is 538 g/mol. The van der Waals surface area contributed by atoms with Gasteiger partial charge in [-0.2, -0.15) is 20.4 Å². The number of rotatable bonds is 0. The fourth-order valence-electron chi connectivity index (χ4n) is 2.18.